The fourth-order valence-electron chi connectivity index (χ4n) is 4.14. The lowest BCUT2D eigenvalue weighted by atomic mass is 9.78. The zero-order valence-electron chi connectivity index (χ0n) is 14.1. The predicted octanol–water partition coefficient (Wildman–Crippen LogP) is 3.42. The Kier molecular flexibility index (Phi) is 4.11. The van der Waals surface area contributed by atoms with E-state index >= 15 is 0 Å². The summed E-state index contributed by atoms with van der Waals surface area (Å²) in [5, 5.41) is 8.09. The van der Waals surface area contributed by atoms with E-state index in [2.05, 4.69) is 23.4 Å². The molecule has 130 valence electrons. The zero-order valence-corrected chi connectivity index (χ0v) is 15.7. The summed E-state index contributed by atoms with van der Waals surface area (Å²) in [6, 6.07) is 2.59. The van der Waals surface area contributed by atoms with E-state index < -0.39 is 0 Å². The van der Waals surface area contributed by atoms with Gasteiger partial charge < -0.3 is 14.8 Å². The number of hydrogen-bond donors (Lipinski definition) is 1. The Morgan fingerprint density at radius 2 is 2.33 bits per heavy atom. The maximum absolute atomic E-state index is 6.39. The second kappa shape index (κ2) is 6.02. The average Bonchev–Trinajstić information content (AvgIpc) is 3.09. The molecule has 1 fully saturated rings. The molecule has 0 amide bonds. The Hall–Kier alpha value is -1.08. The van der Waals surface area contributed by atoms with Crippen LogP contribution < -0.4 is 10.1 Å². The van der Waals surface area contributed by atoms with Crippen LogP contribution in [-0.2, 0) is 23.8 Å². The van der Waals surface area contributed by atoms with Gasteiger partial charge in [-0.1, -0.05) is 11.6 Å². The van der Waals surface area contributed by atoms with E-state index in [0.717, 1.165) is 35.8 Å². The van der Waals surface area contributed by atoms with Crippen molar-refractivity contribution >= 4 is 22.9 Å². The summed E-state index contributed by atoms with van der Waals surface area (Å²) in [4.78, 5) is 1.31. The fourth-order valence-corrected chi connectivity index (χ4v) is 5.61. The van der Waals surface area contributed by atoms with Crippen LogP contribution >= 0.6 is 22.9 Å². The molecule has 2 aromatic rings. The third kappa shape index (κ3) is 2.65. The molecule has 1 saturated heterocycles. The van der Waals surface area contributed by atoms with Crippen LogP contribution in [0.25, 0.3) is 0 Å². The third-order valence-electron chi connectivity index (χ3n) is 4.99. The summed E-state index contributed by atoms with van der Waals surface area (Å²) < 4.78 is 14.5. The first-order valence-corrected chi connectivity index (χ1v) is 9.46. The number of methoxy groups -OCH3 is 1. The molecule has 5 nitrogen and oxygen atoms in total. The quantitative estimate of drug-likeness (QED) is 0.883. The third-order valence-corrected chi connectivity index (χ3v) is 6.48. The molecule has 1 spiro atoms. The molecule has 1 N–H and O–H groups in total. The molecular formula is C17H22ClN3O2S. The summed E-state index contributed by atoms with van der Waals surface area (Å²) in [6.07, 6.45) is 4.80. The lowest BCUT2D eigenvalue weighted by Gasteiger charge is -2.46. The van der Waals surface area contributed by atoms with Crippen LogP contribution in [0.5, 0.6) is 5.88 Å². The van der Waals surface area contributed by atoms with Gasteiger partial charge in [-0.3, -0.25) is 4.68 Å². The summed E-state index contributed by atoms with van der Waals surface area (Å²) in [7, 11) is 3.59. The normalized spacial score (nSPS) is 29.7. The molecule has 2 aliphatic heterocycles. The highest BCUT2D eigenvalue weighted by molar-refractivity contribution is 7.16. The number of hydrogen-bond acceptors (Lipinski definition) is 5. The van der Waals surface area contributed by atoms with E-state index in [1.165, 1.54) is 10.4 Å². The second-order valence-electron chi connectivity index (χ2n) is 6.79. The largest absolute Gasteiger partial charge is 0.480 e. The van der Waals surface area contributed by atoms with Crippen LogP contribution in [-0.4, -0.2) is 29.5 Å². The van der Waals surface area contributed by atoms with Gasteiger partial charge in [-0.2, -0.15) is 0 Å². The van der Waals surface area contributed by atoms with E-state index in [-0.39, 0.29) is 11.6 Å². The molecule has 0 aliphatic carbocycles. The van der Waals surface area contributed by atoms with Gasteiger partial charge in [0.15, 0.2) is 0 Å². The topological polar surface area (TPSA) is 48.3 Å². The smallest absolute Gasteiger partial charge is 0.237 e. The van der Waals surface area contributed by atoms with Crippen molar-refractivity contribution in [2.75, 3.05) is 13.7 Å². The van der Waals surface area contributed by atoms with E-state index in [9.17, 15) is 0 Å². The molecule has 4 rings (SSSR count). The van der Waals surface area contributed by atoms with Crippen molar-refractivity contribution in [1.29, 1.82) is 0 Å². The van der Waals surface area contributed by atoms with Crippen LogP contribution in [0, 0.1) is 0 Å². The van der Waals surface area contributed by atoms with Crippen molar-refractivity contribution < 1.29 is 9.47 Å². The monoisotopic (exact) mass is 367 g/mol. The standard InChI is InChI=1S/C17H22ClN3O2S/c1-10-7-17(15-11(4-5-23-17)6-14(18)24-15)8-13(19-10)12-9-21(2)20-16(12)22-3/h6,9-10,13,19H,4-5,7-8H2,1-3H3. The first-order valence-electron chi connectivity index (χ1n) is 8.27. The minimum absolute atomic E-state index is 0.143. The van der Waals surface area contributed by atoms with Crippen molar-refractivity contribution in [2.24, 2.45) is 7.05 Å². The highest BCUT2D eigenvalue weighted by Gasteiger charge is 2.46. The van der Waals surface area contributed by atoms with Gasteiger partial charge in [0.05, 0.1) is 23.6 Å². The SMILES string of the molecule is COc1nn(C)cc1C1CC2(CC(C)N1)OCCc1cc(Cl)sc12. The summed E-state index contributed by atoms with van der Waals surface area (Å²) in [5.41, 5.74) is 2.17. The maximum Gasteiger partial charge on any atom is 0.237 e. The zero-order chi connectivity index (χ0) is 16.9. The number of halogens is 1. The first kappa shape index (κ1) is 16.4. The Bertz CT molecular complexity index is 759. The molecule has 2 aliphatic rings. The molecular weight excluding hydrogens is 346 g/mol. The van der Waals surface area contributed by atoms with Crippen LogP contribution in [0.3, 0.4) is 0 Å². The number of aryl methyl sites for hydroxylation is 1. The number of rotatable bonds is 2. The number of nitrogens with zero attached hydrogens (tertiary/aromatic N) is 2. The molecule has 2 aromatic heterocycles. The number of thiophene rings is 1. The highest BCUT2D eigenvalue weighted by Crippen LogP contribution is 2.50. The van der Waals surface area contributed by atoms with Gasteiger partial charge in [-0.15, -0.1) is 16.4 Å². The molecule has 4 heterocycles. The van der Waals surface area contributed by atoms with Gasteiger partial charge in [-0.25, -0.2) is 0 Å². The highest BCUT2D eigenvalue weighted by atomic mass is 35.5. The number of piperidine rings is 1. The van der Waals surface area contributed by atoms with Crippen LogP contribution in [0.1, 0.15) is 41.8 Å². The number of nitrogens with one attached hydrogen (secondary N) is 1. The molecule has 24 heavy (non-hydrogen) atoms. The lowest BCUT2D eigenvalue weighted by molar-refractivity contribution is -0.0955. The first-order chi connectivity index (χ1) is 11.5. The Labute approximate surface area is 150 Å². The lowest BCUT2D eigenvalue weighted by Crippen LogP contribution is -2.49. The summed E-state index contributed by atoms with van der Waals surface area (Å²) >= 11 is 7.98. The molecule has 3 atom stereocenters. The maximum atomic E-state index is 6.39. The molecule has 3 unspecified atom stereocenters. The Morgan fingerprint density at radius 1 is 1.50 bits per heavy atom. The number of fused-ring (bicyclic) bond motifs is 2. The summed E-state index contributed by atoms with van der Waals surface area (Å²) in [5.74, 6) is 0.680. The van der Waals surface area contributed by atoms with Gasteiger partial charge in [0.2, 0.25) is 5.88 Å². The van der Waals surface area contributed by atoms with Crippen LogP contribution in [0.4, 0.5) is 0 Å². The number of ether oxygens (including phenoxy) is 2. The second-order valence-corrected chi connectivity index (χ2v) is 8.48. The van der Waals surface area contributed by atoms with Gasteiger partial charge >= 0.3 is 0 Å². The van der Waals surface area contributed by atoms with E-state index in [1.807, 2.05) is 13.2 Å². The number of aromatic nitrogens is 2. The predicted molar refractivity (Wildman–Crippen MR) is 95.0 cm³/mol. The van der Waals surface area contributed by atoms with E-state index in [0.29, 0.717) is 11.9 Å². The minimum atomic E-state index is -0.262. The molecule has 0 bridgehead atoms. The van der Waals surface area contributed by atoms with Gasteiger partial charge in [0, 0.05) is 36.6 Å². The fraction of sp³-hybridized carbons (Fsp3) is 0.588. The Balaban J connectivity index is 1.74. The minimum Gasteiger partial charge on any atom is -0.480 e. The molecule has 0 radical (unpaired) electrons. The van der Waals surface area contributed by atoms with Crippen molar-refractivity contribution in [3.63, 3.8) is 0 Å². The van der Waals surface area contributed by atoms with Gasteiger partial charge in [0.25, 0.3) is 0 Å². The van der Waals surface area contributed by atoms with Crippen LogP contribution in [0.15, 0.2) is 12.3 Å². The van der Waals surface area contributed by atoms with E-state index in [4.69, 9.17) is 21.1 Å². The average molecular weight is 368 g/mol. The van der Waals surface area contributed by atoms with Crippen molar-refractivity contribution in [3.8, 4) is 5.88 Å². The Morgan fingerprint density at radius 3 is 3.12 bits per heavy atom. The van der Waals surface area contributed by atoms with Crippen molar-refractivity contribution in [2.45, 2.75) is 43.9 Å². The summed E-state index contributed by atoms with van der Waals surface area (Å²) in [6.45, 7) is 2.97. The van der Waals surface area contributed by atoms with Crippen LogP contribution in [0.2, 0.25) is 4.34 Å². The van der Waals surface area contributed by atoms with E-state index in [1.54, 1.807) is 23.1 Å². The van der Waals surface area contributed by atoms with Gasteiger partial charge in [-0.05, 0) is 31.4 Å². The van der Waals surface area contributed by atoms with Gasteiger partial charge in [0.1, 0.15) is 5.60 Å². The molecule has 7 heteroatoms. The molecule has 0 aromatic carbocycles. The molecule has 0 saturated carbocycles. The van der Waals surface area contributed by atoms with Crippen molar-refractivity contribution in [1.82, 2.24) is 15.1 Å². The van der Waals surface area contributed by atoms with Crippen molar-refractivity contribution in [3.05, 3.63) is 32.6 Å².